The van der Waals surface area contributed by atoms with Gasteiger partial charge in [0.2, 0.25) is 0 Å². The Morgan fingerprint density at radius 1 is 1.47 bits per heavy atom. The highest BCUT2D eigenvalue weighted by molar-refractivity contribution is 5.52. The Bertz CT molecular complexity index is 522. The van der Waals surface area contributed by atoms with Crippen LogP contribution in [0, 0.1) is 5.82 Å². The van der Waals surface area contributed by atoms with Crippen molar-refractivity contribution in [2.75, 3.05) is 0 Å². The van der Waals surface area contributed by atoms with Gasteiger partial charge in [0.15, 0.2) is 5.82 Å². The van der Waals surface area contributed by atoms with E-state index >= 15 is 0 Å². The van der Waals surface area contributed by atoms with Gasteiger partial charge in [-0.1, -0.05) is 18.1 Å². The van der Waals surface area contributed by atoms with Crippen LogP contribution in [0.4, 0.5) is 4.39 Å². The fraction of sp³-hybridized carbons (Fsp3) is 0.333. The molecule has 2 rings (SSSR count). The topological polar surface area (TPSA) is 64.9 Å². The van der Waals surface area contributed by atoms with Gasteiger partial charge in [-0.3, -0.25) is 0 Å². The van der Waals surface area contributed by atoms with Gasteiger partial charge in [0, 0.05) is 5.56 Å². The number of hydrogen-bond acceptors (Lipinski definition) is 4. The van der Waals surface area contributed by atoms with E-state index in [0.717, 1.165) is 0 Å². The van der Waals surface area contributed by atoms with E-state index in [1.807, 2.05) is 13.8 Å². The second-order valence-electron chi connectivity index (χ2n) is 4.20. The van der Waals surface area contributed by atoms with E-state index in [1.54, 1.807) is 12.1 Å². The maximum Gasteiger partial charge on any atom is 0.258 e. The molecule has 0 bridgehead atoms. The first-order chi connectivity index (χ1) is 8.03. The molecular formula is C12H14FN3O. The number of halogens is 1. The summed E-state index contributed by atoms with van der Waals surface area (Å²) in [6, 6.07) is 6.01. The van der Waals surface area contributed by atoms with Crippen LogP contribution in [0.15, 0.2) is 28.8 Å². The van der Waals surface area contributed by atoms with Crippen molar-refractivity contribution in [3.05, 3.63) is 35.9 Å². The first-order valence-corrected chi connectivity index (χ1v) is 5.42. The maximum absolute atomic E-state index is 13.0. The molecule has 90 valence electrons. The van der Waals surface area contributed by atoms with Crippen molar-refractivity contribution in [3.63, 3.8) is 0 Å². The second kappa shape index (κ2) is 4.25. The lowest BCUT2D eigenvalue weighted by Crippen LogP contribution is -2.33. The minimum Gasteiger partial charge on any atom is -0.334 e. The van der Waals surface area contributed by atoms with Gasteiger partial charge in [0.05, 0.1) is 5.54 Å². The molecule has 2 aromatic rings. The first kappa shape index (κ1) is 11.7. The Hall–Kier alpha value is -1.75. The molecule has 1 aromatic carbocycles. The van der Waals surface area contributed by atoms with E-state index < -0.39 is 5.54 Å². The SMILES string of the molecule is CCC(C)(N)c1noc(-c2cccc(F)c2)n1. The molecule has 1 heterocycles. The molecule has 0 aliphatic carbocycles. The molecule has 1 atom stereocenters. The monoisotopic (exact) mass is 235 g/mol. The second-order valence-corrected chi connectivity index (χ2v) is 4.20. The summed E-state index contributed by atoms with van der Waals surface area (Å²) in [6.07, 6.45) is 0.690. The molecule has 1 unspecified atom stereocenters. The highest BCUT2D eigenvalue weighted by Gasteiger charge is 2.25. The van der Waals surface area contributed by atoms with Crippen molar-refractivity contribution in [2.24, 2.45) is 5.73 Å². The Kier molecular flexibility index (Phi) is 2.93. The quantitative estimate of drug-likeness (QED) is 0.887. The van der Waals surface area contributed by atoms with Crippen molar-refractivity contribution in [2.45, 2.75) is 25.8 Å². The van der Waals surface area contributed by atoms with Crippen LogP contribution in [-0.2, 0) is 5.54 Å². The minimum atomic E-state index is -0.630. The van der Waals surface area contributed by atoms with Gasteiger partial charge in [0.1, 0.15) is 5.82 Å². The van der Waals surface area contributed by atoms with E-state index in [9.17, 15) is 4.39 Å². The lowest BCUT2D eigenvalue weighted by molar-refractivity contribution is 0.379. The van der Waals surface area contributed by atoms with E-state index in [2.05, 4.69) is 10.1 Å². The Balaban J connectivity index is 2.36. The van der Waals surface area contributed by atoms with Crippen LogP contribution < -0.4 is 5.73 Å². The van der Waals surface area contributed by atoms with Crippen molar-refractivity contribution in [3.8, 4) is 11.5 Å². The fourth-order valence-electron chi connectivity index (χ4n) is 1.35. The summed E-state index contributed by atoms with van der Waals surface area (Å²) in [7, 11) is 0. The van der Waals surface area contributed by atoms with Crippen LogP contribution in [-0.4, -0.2) is 10.1 Å². The number of hydrogen-bond donors (Lipinski definition) is 1. The molecule has 4 nitrogen and oxygen atoms in total. The largest absolute Gasteiger partial charge is 0.334 e. The third-order valence-corrected chi connectivity index (χ3v) is 2.74. The van der Waals surface area contributed by atoms with Crippen molar-refractivity contribution >= 4 is 0 Å². The molecule has 1 aromatic heterocycles. The van der Waals surface area contributed by atoms with E-state index in [1.165, 1.54) is 12.1 Å². The summed E-state index contributed by atoms with van der Waals surface area (Å²) < 4.78 is 18.1. The van der Waals surface area contributed by atoms with E-state index in [4.69, 9.17) is 10.3 Å². The van der Waals surface area contributed by atoms with Gasteiger partial charge in [0.25, 0.3) is 5.89 Å². The molecule has 2 N–H and O–H groups in total. The third-order valence-electron chi connectivity index (χ3n) is 2.74. The average Bonchev–Trinajstić information content (AvgIpc) is 2.79. The molecule has 0 saturated carbocycles. The molecule has 17 heavy (non-hydrogen) atoms. The Labute approximate surface area is 98.6 Å². The summed E-state index contributed by atoms with van der Waals surface area (Å²) in [5.74, 6) is 0.372. The minimum absolute atomic E-state index is 0.282. The first-order valence-electron chi connectivity index (χ1n) is 5.42. The summed E-state index contributed by atoms with van der Waals surface area (Å²) in [4.78, 5) is 4.19. The Morgan fingerprint density at radius 3 is 2.88 bits per heavy atom. The summed E-state index contributed by atoms with van der Waals surface area (Å²) >= 11 is 0. The van der Waals surface area contributed by atoms with Gasteiger partial charge < -0.3 is 10.3 Å². The maximum atomic E-state index is 13.0. The summed E-state index contributed by atoms with van der Waals surface area (Å²) in [5, 5.41) is 3.83. The highest BCUT2D eigenvalue weighted by atomic mass is 19.1. The number of aromatic nitrogens is 2. The zero-order chi connectivity index (χ0) is 12.5. The molecule has 0 saturated heterocycles. The van der Waals surface area contributed by atoms with Gasteiger partial charge in [-0.2, -0.15) is 4.98 Å². The van der Waals surface area contributed by atoms with Crippen molar-refractivity contribution in [1.29, 1.82) is 0 Å². The van der Waals surface area contributed by atoms with Gasteiger partial charge in [-0.25, -0.2) is 4.39 Å². The molecule has 0 aliphatic rings. The summed E-state index contributed by atoms with van der Waals surface area (Å²) in [5.41, 5.74) is 5.92. The summed E-state index contributed by atoms with van der Waals surface area (Å²) in [6.45, 7) is 3.77. The van der Waals surface area contributed by atoms with Gasteiger partial charge in [-0.15, -0.1) is 0 Å². The van der Waals surface area contributed by atoms with Crippen LogP contribution in [0.25, 0.3) is 11.5 Å². The van der Waals surface area contributed by atoms with Gasteiger partial charge >= 0.3 is 0 Å². The molecule has 0 spiro atoms. The van der Waals surface area contributed by atoms with Crippen molar-refractivity contribution < 1.29 is 8.91 Å². The molecule has 0 amide bonds. The van der Waals surface area contributed by atoms with Gasteiger partial charge in [-0.05, 0) is 31.5 Å². The van der Waals surface area contributed by atoms with E-state index in [-0.39, 0.29) is 11.7 Å². The zero-order valence-electron chi connectivity index (χ0n) is 9.77. The number of nitrogens with two attached hydrogens (primary N) is 1. The fourth-order valence-corrected chi connectivity index (χ4v) is 1.35. The lowest BCUT2D eigenvalue weighted by atomic mass is 10.00. The smallest absolute Gasteiger partial charge is 0.258 e. The zero-order valence-corrected chi connectivity index (χ0v) is 9.77. The van der Waals surface area contributed by atoms with Crippen LogP contribution in [0.3, 0.4) is 0 Å². The molecule has 0 aliphatic heterocycles. The highest BCUT2D eigenvalue weighted by Crippen LogP contribution is 2.23. The normalized spacial score (nSPS) is 14.6. The standard InChI is InChI=1S/C12H14FN3O/c1-3-12(2,14)11-15-10(17-16-11)8-5-4-6-9(13)7-8/h4-7H,3,14H2,1-2H3. The lowest BCUT2D eigenvalue weighted by Gasteiger charge is -2.16. The van der Waals surface area contributed by atoms with Crippen LogP contribution >= 0.6 is 0 Å². The average molecular weight is 235 g/mol. The Morgan fingerprint density at radius 2 is 2.24 bits per heavy atom. The number of benzene rings is 1. The molecular weight excluding hydrogens is 221 g/mol. The number of rotatable bonds is 3. The molecule has 5 heteroatoms. The van der Waals surface area contributed by atoms with Crippen LogP contribution in [0.5, 0.6) is 0 Å². The van der Waals surface area contributed by atoms with E-state index in [0.29, 0.717) is 17.8 Å². The predicted molar refractivity (Wildman–Crippen MR) is 61.5 cm³/mol. The number of nitrogens with zero attached hydrogens (tertiary/aromatic N) is 2. The van der Waals surface area contributed by atoms with Crippen LogP contribution in [0.2, 0.25) is 0 Å². The predicted octanol–water partition coefficient (Wildman–Crippen LogP) is 2.46. The molecule has 0 fully saturated rings. The van der Waals surface area contributed by atoms with Crippen LogP contribution in [0.1, 0.15) is 26.1 Å². The molecule has 0 radical (unpaired) electrons. The van der Waals surface area contributed by atoms with Crippen molar-refractivity contribution in [1.82, 2.24) is 10.1 Å². The third kappa shape index (κ3) is 2.34.